The van der Waals surface area contributed by atoms with Crippen LogP contribution in [-0.4, -0.2) is 20.6 Å². The first-order valence-electron chi connectivity index (χ1n) is 6.23. The fraction of sp³-hybridized carbons (Fsp3) is 0.429. The van der Waals surface area contributed by atoms with E-state index in [4.69, 9.17) is 5.11 Å². The van der Waals surface area contributed by atoms with Crippen LogP contribution >= 0.6 is 0 Å². The highest BCUT2D eigenvalue weighted by Crippen LogP contribution is 2.50. The van der Waals surface area contributed by atoms with Crippen LogP contribution in [0.3, 0.4) is 0 Å². The molecule has 1 aromatic heterocycles. The van der Waals surface area contributed by atoms with Crippen molar-refractivity contribution in [3.63, 3.8) is 0 Å². The molecule has 94 valence electrons. The SMILES string of the molecule is Cc1nc2ccccc2n1CC1(CC(=O)O)CC1. The van der Waals surface area contributed by atoms with E-state index in [0.717, 1.165) is 36.2 Å². The molecular formula is C14H16N2O2. The maximum Gasteiger partial charge on any atom is 0.303 e. The second kappa shape index (κ2) is 3.83. The van der Waals surface area contributed by atoms with Gasteiger partial charge in [0, 0.05) is 6.54 Å². The van der Waals surface area contributed by atoms with Gasteiger partial charge in [-0.05, 0) is 37.3 Å². The van der Waals surface area contributed by atoms with Crippen molar-refractivity contribution in [3.05, 3.63) is 30.1 Å². The Hall–Kier alpha value is -1.84. The number of benzene rings is 1. The number of carboxylic acid groups (broad SMARTS) is 1. The van der Waals surface area contributed by atoms with Crippen molar-refractivity contribution in [2.75, 3.05) is 0 Å². The number of carboxylic acids is 1. The zero-order valence-electron chi connectivity index (χ0n) is 10.4. The summed E-state index contributed by atoms with van der Waals surface area (Å²) in [7, 11) is 0. The van der Waals surface area contributed by atoms with Crippen LogP contribution in [0, 0.1) is 12.3 Å². The topological polar surface area (TPSA) is 55.1 Å². The molecule has 4 nitrogen and oxygen atoms in total. The van der Waals surface area contributed by atoms with Gasteiger partial charge in [-0.25, -0.2) is 4.98 Å². The van der Waals surface area contributed by atoms with E-state index < -0.39 is 5.97 Å². The molecule has 0 aliphatic heterocycles. The third kappa shape index (κ3) is 1.88. The van der Waals surface area contributed by atoms with Crippen molar-refractivity contribution in [2.45, 2.75) is 32.7 Å². The molecule has 4 heteroatoms. The first-order valence-corrected chi connectivity index (χ1v) is 6.23. The van der Waals surface area contributed by atoms with Gasteiger partial charge in [0.25, 0.3) is 0 Å². The minimum atomic E-state index is -0.699. The lowest BCUT2D eigenvalue weighted by molar-refractivity contribution is -0.138. The molecule has 1 fully saturated rings. The number of nitrogens with zero attached hydrogens (tertiary/aromatic N) is 2. The first kappa shape index (κ1) is 11.3. The van der Waals surface area contributed by atoms with E-state index in [9.17, 15) is 4.79 Å². The Morgan fingerprint density at radius 3 is 2.83 bits per heavy atom. The minimum Gasteiger partial charge on any atom is -0.481 e. The molecule has 2 aromatic rings. The number of hydrogen-bond acceptors (Lipinski definition) is 2. The summed E-state index contributed by atoms with van der Waals surface area (Å²) in [6.07, 6.45) is 2.27. The van der Waals surface area contributed by atoms with Crippen LogP contribution in [0.1, 0.15) is 25.1 Å². The van der Waals surface area contributed by atoms with E-state index >= 15 is 0 Å². The second-order valence-corrected chi connectivity index (χ2v) is 5.30. The Labute approximate surface area is 105 Å². The molecule has 1 aliphatic rings. The van der Waals surface area contributed by atoms with Crippen LogP contribution in [0.2, 0.25) is 0 Å². The van der Waals surface area contributed by atoms with E-state index in [1.807, 2.05) is 31.2 Å². The number of rotatable bonds is 4. The molecule has 0 saturated heterocycles. The first-order chi connectivity index (χ1) is 8.60. The lowest BCUT2D eigenvalue weighted by Crippen LogP contribution is -2.16. The average Bonchev–Trinajstić information content (AvgIpc) is 2.98. The van der Waals surface area contributed by atoms with Crippen molar-refractivity contribution in [1.82, 2.24) is 9.55 Å². The normalized spacial score (nSPS) is 16.9. The van der Waals surface area contributed by atoms with Gasteiger partial charge in [0.1, 0.15) is 5.82 Å². The molecular weight excluding hydrogens is 228 g/mol. The van der Waals surface area contributed by atoms with Crippen molar-refractivity contribution < 1.29 is 9.90 Å². The summed E-state index contributed by atoms with van der Waals surface area (Å²) < 4.78 is 2.16. The van der Waals surface area contributed by atoms with E-state index in [2.05, 4.69) is 9.55 Å². The molecule has 0 radical (unpaired) electrons. The van der Waals surface area contributed by atoms with Crippen LogP contribution in [0.4, 0.5) is 0 Å². The maximum atomic E-state index is 10.9. The van der Waals surface area contributed by atoms with Crippen LogP contribution < -0.4 is 0 Å². The Balaban J connectivity index is 1.95. The Morgan fingerprint density at radius 2 is 2.17 bits per heavy atom. The standard InChI is InChI=1S/C14H16N2O2/c1-10-15-11-4-2-3-5-12(11)16(10)9-14(6-7-14)8-13(17)18/h2-5H,6-9H2,1H3,(H,17,18). The molecule has 1 aromatic carbocycles. The molecule has 0 bridgehead atoms. The summed E-state index contributed by atoms with van der Waals surface area (Å²) in [5.41, 5.74) is 2.05. The molecule has 3 rings (SSSR count). The zero-order chi connectivity index (χ0) is 12.8. The summed E-state index contributed by atoms with van der Waals surface area (Å²) in [5, 5.41) is 8.98. The smallest absolute Gasteiger partial charge is 0.303 e. The number of aryl methyl sites for hydroxylation is 1. The van der Waals surface area contributed by atoms with Gasteiger partial charge in [-0.1, -0.05) is 12.1 Å². The van der Waals surface area contributed by atoms with Gasteiger partial charge in [0.05, 0.1) is 17.5 Å². The molecule has 0 amide bonds. The highest BCUT2D eigenvalue weighted by molar-refractivity contribution is 5.76. The third-order valence-electron chi connectivity index (χ3n) is 3.82. The van der Waals surface area contributed by atoms with Crippen LogP contribution in [0.5, 0.6) is 0 Å². The summed E-state index contributed by atoms with van der Waals surface area (Å²) >= 11 is 0. The number of aliphatic carboxylic acids is 1. The molecule has 0 atom stereocenters. The zero-order valence-corrected chi connectivity index (χ0v) is 10.4. The third-order valence-corrected chi connectivity index (χ3v) is 3.82. The fourth-order valence-electron chi connectivity index (χ4n) is 2.62. The molecule has 1 heterocycles. The highest BCUT2D eigenvalue weighted by Gasteiger charge is 2.45. The van der Waals surface area contributed by atoms with Crippen molar-refractivity contribution in [2.24, 2.45) is 5.41 Å². The Bertz CT molecular complexity index is 611. The van der Waals surface area contributed by atoms with Crippen molar-refractivity contribution in [3.8, 4) is 0 Å². The number of carbonyl (C=O) groups is 1. The van der Waals surface area contributed by atoms with Crippen LogP contribution in [0.15, 0.2) is 24.3 Å². The van der Waals surface area contributed by atoms with Gasteiger partial charge < -0.3 is 9.67 Å². The monoisotopic (exact) mass is 244 g/mol. The second-order valence-electron chi connectivity index (χ2n) is 5.30. The summed E-state index contributed by atoms with van der Waals surface area (Å²) in [4.78, 5) is 15.4. The van der Waals surface area contributed by atoms with Gasteiger partial charge in [-0.15, -0.1) is 0 Å². The largest absolute Gasteiger partial charge is 0.481 e. The van der Waals surface area contributed by atoms with Crippen LogP contribution in [0.25, 0.3) is 11.0 Å². The molecule has 0 spiro atoms. The van der Waals surface area contributed by atoms with Gasteiger partial charge in [0.2, 0.25) is 0 Å². The van der Waals surface area contributed by atoms with Gasteiger partial charge >= 0.3 is 5.97 Å². The number of para-hydroxylation sites is 2. The molecule has 0 unspecified atom stereocenters. The molecule has 1 aliphatic carbocycles. The number of fused-ring (bicyclic) bond motifs is 1. The van der Waals surface area contributed by atoms with E-state index in [-0.39, 0.29) is 11.8 Å². The number of aromatic nitrogens is 2. The molecule has 1 saturated carbocycles. The summed E-state index contributed by atoms with van der Waals surface area (Å²) in [6.45, 7) is 2.75. The predicted octanol–water partition coefficient (Wildman–Crippen LogP) is 2.60. The van der Waals surface area contributed by atoms with Gasteiger partial charge in [-0.3, -0.25) is 4.79 Å². The van der Waals surface area contributed by atoms with E-state index in [0.29, 0.717) is 0 Å². The summed E-state index contributed by atoms with van der Waals surface area (Å²) in [6, 6.07) is 8.02. The maximum absolute atomic E-state index is 10.9. The highest BCUT2D eigenvalue weighted by atomic mass is 16.4. The summed E-state index contributed by atoms with van der Waals surface area (Å²) in [5.74, 6) is 0.266. The lowest BCUT2D eigenvalue weighted by Gasteiger charge is -2.15. The lowest BCUT2D eigenvalue weighted by atomic mass is 10.0. The number of hydrogen-bond donors (Lipinski definition) is 1. The van der Waals surface area contributed by atoms with Gasteiger partial charge in [0.15, 0.2) is 0 Å². The molecule has 1 N–H and O–H groups in total. The van der Waals surface area contributed by atoms with E-state index in [1.54, 1.807) is 0 Å². The quantitative estimate of drug-likeness (QED) is 0.899. The predicted molar refractivity (Wildman–Crippen MR) is 68.4 cm³/mol. The minimum absolute atomic E-state index is 0.0416. The molecule has 18 heavy (non-hydrogen) atoms. The van der Waals surface area contributed by atoms with Gasteiger partial charge in [-0.2, -0.15) is 0 Å². The van der Waals surface area contributed by atoms with Crippen molar-refractivity contribution in [1.29, 1.82) is 0 Å². The van der Waals surface area contributed by atoms with Crippen LogP contribution in [-0.2, 0) is 11.3 Å². The average molecular weight is 244 g/mol. The number of imidazole rings is 1. The Morgan fingerprint density at radius 1 is 1.44 bits per heavy atom. The Kier molecular flexibility index (Phi) is 2.40. The van der Waals surface area contributed by atoms with E-state index in [1.165, 1.54) is 0 Å². The van der Waals surface area contributed by atoms with Crippen molar-refractivity contribution >= 4 is 17.0 Å². The fourth-order valence-corrected chi connectivity index (χ4v) is 2.62.